The topological polar surface area (TPSA) is 0 Å². The first-order valence-corrected chi connectivity index (χ1v) is 19.4. The molecule has 0 radical (unpaired) electrons. The fraction of sp³-hybridized carbons (Fsp3) is 0. The molecule has 0 aromatic heterocycles. The van der Waals surface area contributed by atoms with Gasteiger partial charge in [0.25, 0.3) is 0 Å². The zero-order valence-corrected chi connectivity index (χ0v) is 30.8. The molecule has 56 heavy (non-hydrogen) atoms. The molecule has 0 N–H and O–H groups in total. The molecule has 11 aromatic carbocycles. The van der Waals surface area contributed by atoms with Gasteiger partial charge in [0.05, 0.1) is 0 Å². The molecule has 0 amide bonds. The van der Waals surface area contributed by atoms with Gasteiger partial charge in [0.1, 0.15) is 0 Å². The SMILES string of the molecule is c1cc(-c2cccc(-c3c4ccccc4c(-c4cccc(-c5cccc6ccccc56)c4)c4ccccc34)c2)cc(-c2ccc3c(ccc4ccccc43)c2)c1. The zero-order chi connectivity index (χ0) is 37.0. The molecule has 0 fully saturated rings. The molecule has 0 bridgehead atoms. The molecule has 0 spiro atoms. The van der Waals surface area contributed by atoms with Crippen LogP contribution in [0.3, 0.4) is 0 Å². The van der Waals surface area contributed by atoms with E-state index in [9.17, 15) is 0 Å². The van der Waals surface area contributed by atoms with Crippen LogP contribution in [-0.4, -0.2) is 0 Å². The molecule has 0 aliphatic carbocycles. The Kier molecular flexibility index (Phi) is 7.60. The van der Waals surface area contributed by atoms with Gasteiger partial charge in [-0.1, -0.05) is 194 Å². The smallest absolute Gasteiger partial charge is 0.00262 e. The van der Waals surface area contributed by atoms with Crippen molar-refractivity contribution >= 4 is 53.9 Å². The number of rotatable bonds is 5. The summed E-state index contributed by atoms with van der Waals surface area (Å²) in [5, 5.41) is 12.7. The molecule has 0 nitrogen and oxygen atoms in total. The third-order valence-corrected chi connectivity index (χ3v) is 11.6. The van der Waals surface area contributed by atoms with E-state index in [1.165, 1.54) is 109 Å². The van der Waals surface area contributed by atoms with Crippen LogP contribution in [0.15, 0.2) is 218 Å². The summed E-state index contributed by atoms with van der Waals surface area (Å²) < 4.78 is 0. The summed E-state index contributed by atoms with van der Waals surface area (Å²) in [5.41, 5.74) is 12.3. The maximum absolute atomic E-state index is 2.38. The fourth-order valence-corrected chi connectivity index (χ4v) is 9.00. The Morgan fingerprint density at radius 2 is 0.554 bits per heavy atom. The number of hydrogen-bond acceptors (Lipinski definition) is 0. The van der Waals surface area contributed by atoms with Gasteiger partial charge in [-0.3, -0.25) is 0 Å². The highest BCUT2D eigenvalue weighted by Crippen LogP contribution is 2.45. The first-order valence-electron chi connectivity index (χ1n) is 19.4. The van der Waals surface area contributed by atoms with Gasteiger partial charge in [0.15, 0.2) is 0 Å². The molecule has 0 saturated heterocycles. The Morgan fingerprint density at radius 3 is 1.16 bits per heavy atom. The van der Waals surface area contributed by atoms with Crippen molar-refractivity contribution in [3.05, 3.63) is 218 Å². The van der Waals surface area contributed by atoms with E-state index in [2.05, 4.69) is 218 Å². The highest BCUT2D eigenvalue weighted by molar-refractivity contribution is 6.21. The monoisotopic (exact) mass is 708 g/mol. The quantitative estimate of drug-likeness (QED) is 0.123. The van der Waals surface area contributed by atoms with Crippen molar-refractivity contribution in [3.63, 3.8) is 0 Å². The van der Waals surface area contributed by atoms with Gasteiger partial charge in [-0.05, 0) is 134 Å². The van der Waals surface area contributed by atoms with Crippen molar-refractivity contribution < 1.29 is 0 Å². The third kappa shape index (κ3) is 5.38. The molecule has 11 rings (SSSR count). The molecule has 0 heteroatoms. The molecular formula is C56H36. The van der Waals surface area contributed by atoms with Crippen molar-refractivity contribution in [2.75, 3.05) is 0 Å². The Hall–Kier alpha value is -7.28. The van der Waals surface area contributed by atoms with Crippen LogP contribution < -0.4 is 0 Å². The van der Waals surface area contributed by atoms with Crippen LogP contribution in [0.1, 0.15) is 0 Å². The Balaban J connectivity index is 1.04. The largest absolute Gasteiger partial charge is 0.0616 e. The molecule has 260 valence electrons. The van der Waals surface area contributed by atoms with E-state index in [4.69, 9.17) is 0 Å². The van der Waals surface area contributed by atoms with E-state index >= 15 is 0 Å². The second-order valence-electron chi connectivity index (χ2n) is 14.8. The minimum absolute atomic E-state index is 1.20. The lowest BCUT2D eigenvalue weighted by molar-refractivity contribution is 1.59. The van der Waals surface area contributed by atoms with Gasteiger partial charge in [0.2, 0.25) is 0 Å². The predicted molar refractivity (Wildman–Crippen MR) is 241 cm³/mol. The number of benzene rings is 11. The van der Waals surface area contributed by atoms with E-state index in [0.717, 1.165) is 0 Å². The molecule has 0 aliphatic heterocycles. The summed E-state index contributed by atoms with van der Waals surface area (Å²) in [6, 6.07) is 80.3. The predicted octanol–water partition coefficient (Wildman–Crippen LogP) is 15.8. The van der Waals surface area contributed by atoms with E-state index in [0.29, 0.717) is 0 Å². The minimum atomic E-state index is 1.20. The van der Waals surface area contributed by atoms with E-state index in [-0.39, 0.29) is 0 Å². The highest BCUT2D eigenvalue weighted by Gasteiger charge is 2.18. The van der Waals surface area contributed by atoms with Gasteiger partial charge in [-0.2, -0.15) is 0 Å². The summed E-state index contributed by atoms with van der Waals surface area (Å²) in [5.74, 6) is 0. The second-order valence-corrected chi connectivity index (χ2v) is 14.8. The Morgan fingerprint density at radius 1 is 0.179 bits per heavy atom. The van der Waals surface area contributed by atoms with E-state index in [1.807, 2.05) is 0 Å². The van der Waals surface area contributed by atoms with Crippen LogP contribution in [0, 0.1) is 0 Å². The molecule has 0 aliphatic rings. The number of hydrogen-bond donors (Lipinski definition) is 0. The van der Waals surface area contributed by atoms with E-state index < -0.39 is 0 Å². The third-order valence-electron chi connectivity index (χ3n) is 11.6. The maximum Gasteiger partial charge on any atom is -0.00262 e. The molecule has 0 atom stereocenters. The van der Waals surface area contributed by atoms with Crippen molar-refractivity contribution in [1.82, 2.24) is 0 Å². The summed E-state index contributed by atoms with van der Waals surface area (Å²) in [6.45, 7) is 0. The van der Waals surface area contributed by atoms with Gasteiger partial charge in [0, 0.05) is 0 Å². The van der Waals surface area contributed by atoms with Crippen LogP contribution in [0.4, 0.5) is 0 Å². The molecule has 0 saturated carbocycles. The van der Waals surface area contributed by atoms with Gasteiger partial charge in [-0.25, -0.2) is 0 Å². The lowest BCUT2D eigenvalue weighted by atomic mass is 9.84. The van der Waals surface area contributed by atoms with Crippen molar-refractivity contribution in [3.8, 4) is 55.6 Å². The van der Waals surface area contributed by atoms with Crippen LogP contribution >= 0.6 is 0 Å². The summed E-state index contributed by atoms with van der Waals surface area (Å²) in [6.07, 6.45) is 0. The summed E-state index contributed by atoms with van der Waals surface area (Å²) >= 11 is 0. The van der Waals surface area contributed by atoms with Crippen LogP contribution in [0.5, 0.6) is 0 Å². The zero-order valence-electron chi connectivity index (χ0n) is 30.8. The van der Waals surface area contributed by atoms with Crippen LogP contribution in [-0.2, 0) is 0 Å². The summed E-state index contributed by atoms with van der Waals surface area (Å²) in [7, 11) is 0. The minimum Gasteiger partial charge on any atom is -0.0616 e. The van der Waals surface area contributed by atoms with Gasteiger partial charge < -0.3 is 0 Å². The van der Waals surface area contributed by atoms with Crippen molar-refractivity contribution in [2.45, 2.75) is 0 Å². The first kappa shape index (κ1) is 32.2. The van der Waals surface area contributed by atoms with Crippen molar-refractivity contribution in [1.29, 1.82) is 0 Å². The summed E-state index contributed by atoms with van der Waals surface area (Å²) in [4.78, 5) is 0. The average Bonchev–Trinajstić information content (AvgIpc) is 3.28. The molecule has 11 aromatic rings. The fourth-order valence-electron chi connectivity index (χ4n) is 9.00. The Bertz CT molecular complexity index is 3250. The van der Waals surface area contributed by atoms with Gasteiger partial charge >= 0.3 is 0 Å². The van der Waals surface area contributed by atoms with Crippen LogP contribution in [0.25, 0.3) is 109 Å². The highest BCUT2D eigenvalue weighted by atomic mass is 14.2. The van der Waals surface area contributed by atoms with Gasteiger partial charge in [-0.15, -0.1) is 0 Å². The molecule has 0 unspecified atom stereocenters. The lowest BCUT2D eigenvalue weighted by Gasteiger charge is -2.19. The number of fused-ring (bicyclic) bond motifs is 6. The molecular weight excluding hydrogens is 673 g/mol. The second kappa shape index (κ2) is 13.2. The standard InChI is InChI=1S/C56H36/c1-3-22-47-37(13-1)15-12-28-49(47)43-19-11-21-46(36-43)56-53-26-7-5-24-51(53)55(52-25-6-8-27-54(52)56)45-20-10-18-41(35-45)39-16-9-17-40(33-39)42-31-32-50-44(34-42)30-29-38-14-2-4-23-48(38)50/h1-36H. The normalized spacial score (nSPS) is 11.6. The Labute approximate surface area is 326 Å². The molecule has 0 heterocycles. The van der Waals surface area contributed by atoms with Crippen molar-refractivity contribution in [2.24, 2.45) is 0 Å². The lowest BCUT2D eigenvalue weighted by Crippen LogP contribution is -1.92. The van der Waals surface area contributed by atoms with Crippen LogP contribution in [0.2, 0.25) is 0 Å². The first-order chi connectivity index (χ1) is 27.8. The average molecular weight is 709 g/mol. The maximum atomic E-state index is 2.38. The van der Waals surface area contributed by atoms with E-state index in [1.54, 1.807) is 0 Å².